The van der Waals surface area contributed by atoms with Gasteiger partial charge >= 0.3 is 6.18 Å². The Morgan fingerprint density at radius 2 is 1.91 bits per heavy atom. The van der Waals surface area contributed by atoms with Gasteiger partial charge in [0, 0.05) is 24.9 Å². The third-order valence-electron chi connectivity index (χ3n) is 4.82. The predicted molar refractivity (Wildman–Crippen MR) is 120 cm³/mol. The van der Waals surface area contributed by atoms with Crippen LogP contribution in [0.15, 0.2) is 66.0 Å². The van der Waals surface area contributed by atoms with Gasteiger partial charge in [-0.2, -0.15) is 13.2 Å². The number of nitrogens with one attached hydrogen (secondary N) is 2. The van der Waals surface area contributed by atoms with Gasteiger partial charge in [0.25, 0.3) is 5.56 Å². The van der Waals surface area contributed by atoms with Crippen molar-refractivity contribution in [2.45, 2.75) is 32.0 Å². The maximum atomic E-state index is 12.8. The number of aromatic nitrogens is 3. The molecular weight excluding hydrogens is 449 g/mol. The molecule has 1 amide bonds. The molecule has 0 unspecified atom stereocenters. The normalized spacial score (nSPS) is 11.1. The molecule has 178 valence electrons. The summed E-state index contributed by atoms with van der Waals surface area (Å²) in [5.74, 6) is 0.531. The van der Waals surface area contributed by atoms with Crippen LogP contribution >= 0.6 is 0 Å². The molecule has 2 N–H and O–H groups in total. The van der Waals surface area contributed by atoms with Crippen LogP contribution in [0.4, 0.5) is 13.2 Å². The number of aryl methyl sites for hydroxylation is 1. The number of carbonyl (C=O) groups excluding carboxylic acids is 1. The van der Waals surface area contributed by atoms with Crippen molar-refractivity contribution in [1.29, 1.82) is 0 Å². The standard InChI is InChI=1S/C24H23F3N4O3/c1-2-3-13-34-19-9-7-17(8-10-19)22-29-23(33)20(30-31-22)11-12-21(32)28-15-16-5-4-6-18(14-16)24(25,26)27/h2,4-10,14H,1,3,11-13,15H2,(H,28,32)(H,29,31,33). The molecule has 0 fully saturated rings. The number of H-pyrrole nitrogens is 1. The molecule has 0 aliphatic carbocycles. The molecule has 10 heteroatoms. The van der Waals surface area contributed by atoms with E-state index in [-0.39, 0.29) is 30.9 Å². The van der Waals surface area contributed by atoms with Crippen LogP contribution in [-0.4, -0.2) is 27.7 Å². The van der Waals surface area contributed by atoms with Gasteiger partial charge in [0.2, 0.25) is 5.91 Å². The smallest absolute Gasteiger partial charge is 0.416 e. The van der Waals surface area contributed by atoms with Gasteiger partial charge in [-0.05, 0) is 48.4 Å². The minimum Gasteiger partial charge on any atom is -0.493 e. The highest BCUT2D eigenvalue weighted by molar-refractivity contribution is 5.76. The number of hydrogen-bond acceptors (Lipinski definition) is 5. The average Bonchev–Trinajstić information content (AvgIpc) is 2.82. The number of amides is 1. The SMILES string of the molecule is C=CCCOc1ccc(-c2nnc(CCC(=O)NCc3cccc(C(F)(F)F)c3)c(=O)[nH]2)cc1. The van der Waals surface area contributed by atoms with E-state index in [0.717, 1.165) is 18.6 Å². The third kappa shape index (κ3) is 7.03. The number of halogens is 3. The van der Waals surface area contributed by atoms with Crippen LogP contribution in [0.2, 0.25) is 0 Å². The highest BCUT2D eigenvalue weighted by Crippen LogP contribution is 2.29. The van der Waals surface area contributed by atoms with Gasteiger partial charge in [-0.1, -0.05) is 18.2 Å². The number of ether oxygens (including phenoxy) is 1. The maximum absolute atomic E-state index is 12.8. The van der Waals surface area contributed by atoms with E-state index in [2.05, 4.69) is 27.1 Å². The second-order valence-corrected chi connectivity index (χ2v) is 7.37. The van der Waals surface area contributed by atoms with Crippen molar-refractivity contribution < 1.29 is 22.7 Å². The van der Waals surface area contributed by atoms with Gasteiger partial charge in [-0.15, -0.1) is 16.8 Å². The Kier molecular flexibility index (Phi) is 8.18. The molecule has 1 aromatic heterocycles. The zero-order valence-electron chi connectivity index (χ0n) is 18.2. The molecule has 3 aromatic rings. The van der Waals surface area contributed by atoms with E-state index in [1.165, 1.54) is 12.1 Å². The molecule has 0 aliphatic rings. The Morgan fingerprint density at radius 3 is 2.59 bits per heavy atom. The fraction of sp³-hybridized carbons (Fsp3) is 0.250. The lowest BCUT2D eigenvalue weighted by Crippen LogP contribution is -2.25. The summed E-state index contributed by atoms with van der Waals surface area (Å²) in [6.07, 6.45) is -1.99. The molecule has 7 nitrogen and oxygen atoms in total. The van der Waals surface area contributed by atoms with Crippen LogP contribution in [-0.2, 0) is 23.9 Å². The van der Waals surface area contributed by atoms with Crippen molar-refractivity contribution in [1.82, 2.24) is 20.5 Å². The van der Waals surface area contributed by atoms with Gasteiger partial charge in [0.05, 0.1) is 12.2 Å². The van der Waals surface area contributed by atoms with Crippen molar-refractivity contribution in [3.63, 3.8) is 0 Å². The molecule has 0 bridgehead atoms. The summed E-state index contributed by atoms with van der Waals surface area (Å²) < 4.78 is 43.9. The molecule has 0 aliphatic heterocycles. The Bertz CT molecular complexity index is 1190. The number of nitrogens with zero attached hydrogens (tertiary/aromatic N) is 2. The van der Waals surface area contributed by atoms with E-state index in [4.69, 9.17) is 4.74 Å². The van der Waals surface area contributed by atoms with Gasteiger partial charge in [-0.25, -0.2) is 0 Å². The number of alkyl halides is 3. The van der Waals surface area contributed by atoms with Crippen molar-refractivity contribution >= 4 is 5.91 Å². The minimum atomic E-state index is -4.45. The van der Waals surface area contributed by atoms with Gasteiger partial charge in [0.1, 0.15) is 11.4 Å². The summed E-state index contributed by atoms with van der Waals surface area (Å²) in [6.45, 7) is 4.09. The molecule has 0 saturated heterocycles. The van der Waals surface area contributed by atoms with Crippen LogP contribution < -0.4 is 15.6 Å². The summed E-state index contributed by atoms with van der Waals surface area (Å²) in [4.78, 5) is 27.1. The highest BCUT2D eigenvalue weighted by atomic mass is 19.4. The molecule has 0 atom stereocenters. The van der Waals surface area contributed by atoms with Crippen LogP contribution in [0.1, 0.15) is 29.7 Å². The van der Waals surface area contributed by atoms with Crippen molar-refractivity contribution in [2.75, 3.05) is 6.61 Å². The summed E-state index contributed by atoms with van der Waals surface area (Å²) in [5.41, 5.74) is -0.200. The lowest BCUT2D eigenvalue weighted by Gasteiger charge is -2.09. The topological polar surface area (TPSA) is 97.0 Å². The first-order chi connectivity index (χ1) is 16.3. The van der Waals surface area contributed by atoms with Crippen molar-refractivity contribution in [3.8, 4) is 17.1 Å². The number of carbonyl (C=O) groups is 1. The summed E-state index contributed by atoms with van der Waals surface area (Å²) >= 11 is 0. The molecule has 0 saturated carbocycles. The zero-order chi connectivity index (χ0) is 24.6. The highest BCUT2D eigenvalue weighted by Gasteiger charge is 2.30. The van der Waals surface area contributed by atoms with E-state index >= 15 is 0 Å². The second kappa shape index (κ2) is 11.3. The summed E-state index contributed by atoms with van der Waals surface area (Å²) in [5, 5.41) is 10.5. The lowest BCUT2D eigenvalue weighted by atomic mass is 10.1. The van der Waals surface area contributed by atoms with Gasteiger partial charge < -0.3 is 15.0 Å². The Morgan fingerprint density at radius 1 is 1.15 bits per heavy atom. The number of aromatic amines is 1. The molecule has 2 aromatic carbocycles. The number of hydrogen-bond donors (Lipinski definition) is 2. The van der Waals surface area contributed by atoms with E-state index in [9.17, 15) is 22.8 Å². The van der Waals surface area contributed by atoms with Crippen LogP contribution in [0.25, 0.3) is 11.4 Å². The Hall–Kier alpha value is -3.95. The molecule has 0 spiro atoms. The van der Waals surface area contributed by atoms with Crippen LogP contribution in [0, 0.1) is 0 Å². The fourth-order valence-electron chi connectivity index (χ4n) is 3.00. The van der Waals surface area contributed by atoms with E-state index < -0.39 is 23.2 Å². The van der Waals surface area contributed by atoms with Gasteiger partial charge in [0.15, 0.2) is 5.82 Å². The first kappa shape index (κ1) is 24.7. The van der Waals surface area contributed by atoms with Crippen LogP contribution in [0.5, 0.6) is 5.75 Å². The van der Waals surface area contributed by atoms with Gasteiger partial charge in [-0.3, -0.25) is 9.59 Å². The lowest BCUT2D eigenvalue weighted by molar-refractivity contribution is -0.137. The summed E-state index contributed by atoms with van der Waals surface area (Å²) in [6, 6.07) is 11.7. The quantitative estimate of drug-likeness (QED) is 0.343. The number of rotatable bonds is 10. The average molecular weight is 472 g/mol. The zero-order valence-corrected chi connectivity index (χ0v) is 18.2. The predicted octanol–water partition coefficient (Wildman–Crippen LogP) is 4.05. The summed E-state index contributed by atoms with van der Waals surface area (Å²) in [7, 11) is 0. The number of benzene rings is 2. The fourth-order valence-corrected chi connectivity index (χ4v) is 3.00. The first-order valence-electron chi connectivity index (χ1n) is 10.5. The Labute approximate surface area is 193 Å². The second-order valence-electron chi connectivity index (χ2n) is 7.37. The maximum Gasteiger partial charge on any atom is 0.416 e. The van der Waals surface area contributed by atoms with E-state index in [1.54, 1.807) is 30.3 Å². The van der Waals surface area contributed by atoms with Crippen molar-refractivity contribution in [2.24, 2.45) is 0 Å². The monoisotopic (exact) mass is 472 g/mol. The molecule has 1 heterocycles. The van der Waals surface area contributed by atoms with E-state index in [0.29, 0.717) is 23.5 Å². The molecule has 3 rings (SSSR count). The molecule has 34 heavy (non-hydrogen) atoms. The first-order valence-corrected chi connectivity index (χ1v) is 10.5. The molecular formula is C24H23F3N4O3. The van der Waals surface area contributed by atoms with Crippen LogP contribution in [0.3, 0.4) is 0 Å². The molecule has 0 radical (unpaired) electrons. The largest absolute Gasteiger partial charge is 0.493 e. The van der Waals surface area contributed by atoms with E-state index in [1.807, 2.05) is 0 Å². The Balaban J connectivity index is 1.53. The third-order valence-corrected chi connectivity index (χ3v) is 4.82. The minimum absolute atomic E-state index is 0.0348. The van der Waals surface area contributed by atoms with Crippen molar-refractivity contribution in [3.05, 3.63) is 88.4 Å².